The zero-order chi connectivity index (χ0) is 27.7. The number of carbonyl (C=O) groups is 1. The van der Waals surface area contributed by atoms with Crippen molar-refractivity contribution in [2.45, 2.75) is 52.5 Å². The first-order chi connectivity index (χ1) is 19.4. The van der Waals surface area contributed by atoms with Crippen LogP contribution in [0, 0.1) is 18.3 Å². The van der Waals surface area contributed by atoms with E-state index in [2.05, 4.69) is 39.8 Å². The number of rotatable bonds is 8. The number of fused-ring (bicyclic) bond motifs is 1. The number of pyridine rings is 1. The number of amides is 1. The van der Waals surface area contributed by atoms with Crippen molar-refractivity contribution in [2.24, 2.45) is 11.3 Å². The molecule has 40 heavy (non-hydrogen) atoms. The van der Waals surface area contributed by atoms with Crippen molar-refractivity contribution in [3.05, 3.63) is 66.5 Å². The second kappa shape index (κ2) is 10.8. The molecule has 3 N–H and O–H groups in total. The highest BCUT2D eigenvalue weighted by Crippen LogP contribution is 2.48. The highest BCUT2D eigenvalue weighted by molar-refractivity contribution is 6.04. The van der Waals surface area contributed by atoms with E-state index >= 15 is 0 Å². The topological polar surface area (TPSA) is 101 Å². The van der Waals surface area contributed by atoms with Gasteiger partial charge >= 0.3 is 0 Å². The number of piperidine rings is 1. The van der Waals surface area contributed by atoms with E-state index in [0.717, 1.165) is 65.6 Å². The molecule has 8 nitrogen and oxygen atoms in total. The number of carbonyl (C=O) groups excluding carboxylic acids is 1. The predicted molar refractivity (Wildman–Crippen MR) is 159 cm³/mol. The molecule has 2 aliphatic rings. The minimum absolute atomic E-state index is 0.0502. The summed E-state index contributed by atoms with van der Waals surface area (Å²) in [4.78, 5) is 26.6. The van der Waals surface area contributed by atoms with Crippen LogP contribution in [-0.2, 0) is 4.79 Å². The molecule has 4 aromatic rings. The zero-order valence-corrected chi connectivity index (χ0v) is 23.3. The molecule has 1 amide bonds. The zero-order valence-electron chi connectivity index (χ0n) is 23.3. The molecule has 0 bridgehead atoms. The van der Waals surface area contributed by atoms with Crippen LogP contribution < -0.4 is 20.7 Å². The van der Waals surface area contributed by atoms with Crippen molar-refractivity contribution < 1.29 is 9.53 Å². The first-order valence-electron chi connectivity index (χ1n) is 14.1. The average Bonchev–Trinajstić information content (AvgIpc) is 3.66. The predicted octanol–water partition coefficient (Wildman–Crippen LogP) is 6.33. The molecule has 2 aromatic heterocycles. The van der Waals surface area contributed by atoms with Crippen LogP contribution in [-0.4, -0.2) is 40.0 Å². The van der Waals surface area contributed by atoms with Crippen molar-refractivity contribution in [2.75, 3.05) is 23.7 Å². The second-order valence-corrected chi connectivity index (χ2v) is 11.7. The number of ether oxygens (including phenoxy) is 1. The van der Waals surface area contributed by atoms with Gasteiger partial charge in [0.05, 0.1) is 11.3 Å². The lowest BCUT2D eigenvalue weighted by Crippen LogP contribution is -2.42. The number of benzene rings is 2. The summed E-state index contributed by atoms with van der Waals surface area (Å²) in [5, 5.41) is 11.9. The van der Waals surface area contributed by atoms with Crippen LogP contribution in [0.2, 0.25) is 0 Å². The molecule has 206 valence electrons. The van der Waals surface area contributed by atoms with Gasteiger partial charge in [0.2, 0.25) is 17.7 Å². The molecular formula is C32H36N6O2. The van der Waals surface area contributed by atoms with Gasteiger partial charge in [-0.15, -0.1) is 0 Å². The summed E-state index contributed by atoms with van der Waals surface area (Å²) < 4.78 is 6.55. The fraction of sp³-hybridized carbons (Fsp3) is 0.375. The fourth-order valence-electron chi connectivity index (χ4n) is 5.45. The monoisotopic (exact) mass is 536 g/mol. The lowest BCUT2D eigenvalue weighted by Gasteiger charge is -2.28. The van der Waals surface area contributed by atoms with Gasteiger partial charge in [-0.2, -0.15) is 0 Å². The van der Waals surface area contributed by atoms with E-state index in [4.69, 9.17) is 9.72 Å². The normalized spacial score (nSPS) is 19.7. The Labute approximate surface area is 235 Å². The molecular weight excluding hydrogens is 500 g/mol. The molecule has 1 saturated carbocycles. The van der Waals surface area contributed by atoms with E-state index in [1.54, 1.807) is 12.4 Å². The van der Waals surface area contributed by atoms with E-state index < -0.39 is 0 Å². The number of hydrogen-bond donors (Lipinski definition) is 3. The van der Waals surface area contributed by atoms with Gasteiger partial charge in [-0.05, 0) is 73.9 Å². The van der Waals surface area contributed by atoms with Gasteiger partial charge in [0.1, 0.15) is 5.75 Å². The third-order valence-electron chi connectivity index (χ3n) is 7.98. The summed E-state index contributed by atoms with van der Waals surface area (Å²) in [6, 6.07) is 16.0. The van der Waals surface area contributed by atoms with Crippen LogP contribution in [0.15, 0.2) is 60.9 Å². The first kappa shape index (κ1) is 26.2. The summed E-state index contributed by atoms with van der Waals surface area (Å²) >= 11 is 0. The van der Waals surface area contributed by atoms with Gasteiger partial charge < -0.3 is 20.7 Å². The highest BCUT2D eigenvalue weighted by Gasteiger charge is 2.39. The van der Waals surface area contributed by atoms with Crippen molar-refractivity contribution in [1.82, 2.24) is 20.3 Å². The lowest BCUT2D eigenvalue weighted by atomic mass is 9.98. The molecule has 6 rings (SSSR count). The second-order valence-electron chi connectivity index (χ2n) is 11.7. The Hall–Kier alpha value is -4.04. The Balaban J connectivity index is 1.29. The number of anilines is 2. The van der Waals surface area contributed by atoms with Crippen LogP contribution in [0.5, 0.6) is 11.6 Å². The molecule has 1 saturated heterocycles. The molecule has 1 aliphatic carbocycles. The van der Waals surface area contributed by atoms with Gasteiger partial charge in [0, 0.05) is 47.9 Å². The Morgan fingerprint density at radius 2 is 1.93 bits per heavy atom. The minimum atomic E-state index is 0.0502. The van der Waals surface area contributed by atoms with Crippen molar-refractivity contribution >= 4 is 28.3 Å². The largest absolute Gasteiger partial charge is 0.437 e. The quantitative estimate of drug-likeness (QED) is 0.242. The van der Waals surface area contributed by atoms with Gasteiger partial charge in [-0.1, -0.05) is 38.1 Å². The van der Waals surface area contributed by atoms with Gasteiger partial charge in [0.15, 0.2) is 0 Å². The number of aromatic nitrogens is 3. The molecule has 3 heterocycles. The summed E-state index contributed by atoms with van der Waals surface area (Å²) in [5.74, 6) is 2.42. The lowest BCUT2D eigenvalue weighted by molar-refractivity contribution is -0.117. The molecule has 0 radical (unpaired) electrons. The smallest absolute Gasteiger partial charge is 0.228 e. The van der Waals surface area contributed by atoms with E-state index in [9.17, 15) is 4.79 Å². The van der Waals surface area contributed by atoms with Crippen LogP contribution in [0.25, 0.3) is 22.0 Å². The SMILES string of the molecule is Cc1ccc2c(NC(=O)CC3(C)CC3)cccc2c1Oc1ncccc1-c1ccnc(N[C@@H]2CNC[C@H](C)C2)n1. The molecule has 2 fully saturated rings. The first-order valence-corrected chi connectivity index (χ1v) is 14.1. The number of aryl methyl sites for hydroxylation is 1. The number of nitrogens with zero attached hydrogens (tertiary/aromatic N) is 3. The fourth-order valence-corrected chi connectivity index (χ4v) is 5.45. The molecule has 1 aliphatic heterocycles. The summed E-state index contributed by atoms with van der Waals surface area (Å²) in [5.41, 5.74) is 3.42. The average molecular weight is 537 g/mol. The summed E-state index contributed by atoms with van der Waals surface area (Å²) in [7, 11) is 0. The van der Waals surface area contributed by atoms with Crippen molar-refractivity contribution in [3.8, 4) is 22.9 Å². The minimum Gasteiger partial charge on any atom is -0.437 e. The van der Waals surface area contributed by atoms with Crippen LogP contribution in [0.3, 0.4) is 0 Å². The molecule has 0 spiro atoms. The Morgan fingerprint density at radius 1 is 1.05 bits per heavy atom. The standard InChI is InChI=1S/C32H36N6O2/c1-20-16-22(19-33-18-20)36-31-35-15-11-27(38-31)25-7-5-14-34-30(25)40-29-21(2)9-10-23-24(29)6-4-8-26(23)37-28(39)17-32(3)12-13-32/h4-11,14-15,20,22,33H,12-13,16-19H2,1-3H3,(H,37,39)(H,35,36,38)/t20-,22+/m1/s1. The van der Waals surface area contributed by atoms with Gasteiger partial charge in [-0.25, -0.2) is 15.0 Å². The number of nitrogens with one attached hydrogen (secondary N) is 3. The molecule has 8 heteroatoms. The van der Waals surface area contributed by atoms with Gasteiger partial charge in [-0.3, -0.25) is 4.79 Å². The van der Waals surface area contributed by atoms with E-state index in [0.29, 0.717) is 29.9 Å². The Morgan fingerprint density at radius 3 is 2.75 bits per heavy atom. The maximum atomic E-state index is 12.8. The third kappa shape index (κ3) is 5.77. The maximum Gasteiger partial charge on any atom is 0.228 e. The van der Waals surface area contributed by atoms with Crippen molar-refractivity contribution in [1.29, 1.82) is 0 Å². The van der Waals surface area contributed by atoms with E-state index in [-0.39, 0.29) is 17.4 Å². The van der Waals surface area contributed by atoms with E-state index in [1.807, 2.05) is 55.5 Å². The van der Waals surface area contributed by atoms with Crippen LogP contribution in [0.4, 0.5) is 11.6 Å². The molecule has 0 unspecified atom stereocenters. The number of hydrogen-bond acceptors (Lipinski definition) is 7. The highest BCUT2D eigenvalue weighted by atomic mass is 16.5. The van der Waals surface area contributed by atoms with Gasteiger partial charge in [0.25, 0.3) is 0 Å². The molecule has 2 aromatic carbocycles. The van der Waals surface area contributed by atoms with Crippen LogP contribution >= 0.6 is 0 Å². The third-order valence-corrected chi connectivity index (χ3v) is 7.98. The Bertz CT molecular complexity index is 1550. The van der Waals surface area contributed by atoms with Crippen molar-refractivity contribution in [3.63, 3.8) is 0 Å². The van der Waals surface area contributed by atoms with E-state index in [1.165, 1.54) is 0 Å². The Kier molecular flexibility index (Phi) is 7.11. The maximum absolute atomic E-state index is 12.8. The molecule has 2 atom stereocenters. The summed E-state index contributed by atoms with van der Waals surface area (Å²) in [6.45, 7) is 8.36. The summed E-state index contributed by atoms with van der Waals surface area (Å²) in [6.07, 6.45) is 7.33. The van der Waals surface area contributed by atoms with Crippen LogP contribution in [0.1, 0.15) is 45.1 Å².